The van der Waals surface area contributed by atoms with Crippen LogP contribution in [0.3, 0.4) is 0 Å². The topological polar surface area (TPSA) is 33.2 Å². The summed E-state index contributed by atoms with van der Waals surface area (Å²) in [5.41, 5.74) is 2.35. The van der Waals surface area contributed by atoms with Gasteiger partial charge in [-0.15, -0.1) is 11.3 Å². The smallest absolute Gasteiger partial charge is 0.237 e. The molecule has 1 aliphatic heterocycles. The van der Waals surface area contributed by atoms with Crippen molar-refractivity contribution in [3.63, 3.8) is 0 Å². The highest BCUT2D eigenvalue weighted by Crippen LogP contribution is 2.28. The van der Waals surface area contributed by atoms with Crippen LogP contribution in [0.1, 0.15) is 25.8 Å². The summed E-state index contributed by atoms with van der Waals surface area (Å²) in [6.07, 6.45) is 6.18. The van der Waals surface area contributed by atoms with Gasteiger partial charge >= 0.3 is 0 Å². The van der Waals surface area contributed by atoms with Gasteiger partial charge in [-0.25, -0.2) is 4.98 Å². The fourth-order valence-electron chi connectivity index (χ4n) is 2.79. The summed E-state index contributed by atoms with van der Waals surface area (Å²) in [4.78, 5) is 19.1. The van der Waals surface area contributed by atoms with E-state index in [9.17, 15) is 4.79 Å². The Balaban J connectivity index is 1.73. The van der Waals surface area contributed by atoms with Crippen LogP contribution in [-0.2, 0) is 11.2 Å². The molecule has 1 aromatic carbocycles. The van der Waals surface area contributed by atoms with Crippen molar-refractivity contribution in [3.05, 3.63) is 39.7 Å². The Morgan fingerprint density at radius 1 is 1.35 bits per heavy atom. The predicted octanol–water partition coefficient (Wildman–Crippen LogP) is 2.82. The summed E-state index contributed by atoms with van der Waals surface area (Å²) < 4.78 is 2.13. The van der Waals surface area contributed by atoms with Crippen molar-refractivity contribution in [2.45, 2.75) is 31.0 Å². The van der Waals surface area contributed by atoms with Crippen LogP contribution < -0.4 is 14.8 Å². The summed E-state index contributed by atoms with van der Waals surface area (Å²) in [6.45, 7) is 4.83. The molecule has 23 heavy (non-hydrogen) atoms. The fourth-order valence-corrected chi connectivity index (χ4v) is 4.76. The number of thiazole rings is 1. The number of rotatable bonds is 3. The summed E-state index contributed by atoms with van der Waals surface area (Å²) in [6, 6.07) is 8.22. The summed E-state index contributed by atoms with van der Waals surface area (Å²) in [5, 5.41) is 1.01. The number of benzene rings is 1. The maximum Gasteiger partial charge on any atom is 0.237 e. The number of thioether (sulfide) groups is 1. The standard InChI is InChI=1S/C18H20N2OS2/c1-3-14-16(4-2)23-18(19-14)22-12-17(21)20-11-7-9-13-8-5-6-10-15(13)20/h3-6,8,10H,7,9,11-12H2,1-2H3/b14-3+,16-4+. The van der Waals surface area contributed by atoms with Crippen molar-refractivity contribution in [2.24, 2.45) is 0 Å². The minimum Gasteiger partial charge on any atom is -0.311 e. The zero-order chi connectivity index (χ0) is 16.2. The van der Waals surface area contributed by atoms with E-state index in [0.717, 1.165) is 34.8 Å². The van der Waals surface area contributed by atoms with Gasteiger partial charge in [-0.05, 0) is 38.3 Å². The van der Waals surface area contributed by atoms with E-state index in [1.807, 2.05) is 37.0 Å². The molecule has 0 fully saturated rings. The van der Waals surface area contributed by atoms with Gasteiger partial charge in [-0.3, -0.25) is 4.79 Å². The Hall–Kier alpha value is -1.59. The molecule has 2 heterocycles. The van der Waals surface area contributed by atoms with Crippen molar-refractivity contribution in [2.75, 3.05) is 17.2 Å². The van der Waals surface area contributed by atoms with E-state index < -0.39 is 0 Å². The number of nitrogens with zero attached hydrogens (tertiary/aromatic N) is 2. The van der Waals surface area contributed by atoms with Crippen molar-refractivity contribution >= 4 is 46.8 Å². The summed E-state index contributed by atoms with van der Waals surface area (Å²) in [5.74, 6) is 0.607. The highest BCUT2D eigenvalue weighted by molar-refractivity contribution is 8.01. The molecule has 2 aromatic rings. The zero-order valence-electron chi connectivity index (χ0n) is 13.4. The first kappa shape index (κ1) is 16.3. The summed E-state index contributed by atoms with van der Waals surface area (Å²) >= 11 is 3.19. The number of hydrogen-bond acceptors (Lipinski definition) is 4. The Morgan fingerprint density at radius 2 is 2.17 bits per heavy atom. The fraction of sp³-hybridized carbons (Fsp3) is 0.333. The summed E-state index contributed by atoms with van der Waals surface area (Å²) in [7, 11) is 0. The average Bonchev–Trinajstić information content (AvgIpc) is 3.01. The number of aryl methyl sites for hydroxylation is 1. The second-order valence-corrected chi connectivity index (χ2v) is 7.63. The van der Waals surface area contributed by atoms with Gasteiger partial charge in [0.1, 0.15) is 0 Å². The molecule has 0 aliphatic carbocycles. The largest absolute Gasteiger partial charge is 0.311 e. The maximum atomic E-state index is 12.6. The third kappa shape index (κ3) is 3.51. The highest BCUT2D eigenvalue weighted by Gasteiger charge is 2.22. The van der Waals surface area contributed by atoms with E-state index in [1.54, 1.807) is 11.3 Å². The van der Waals surface area contributed by atoms with Crippen LogP contribution in [0.2, 0.25) is 0 Å². The lowest BCUT2D eigenvalue weighted by Gasteiger charge is -2.29. The van der Waals surface area contributed by atoms with E-state index in [2.05, 4.69) is 23.2 Å². The van der Waals surface area contributed by atoms with Crippen molar-refractivity contribution in [1.29, 1.82) is 0 Å². The first-order valence-corrected chi connectivity index (χ1v) is 9.63. The van der Waals surface area contributed by atoms with Crippen LogP contribution in [0.5, 0.6) is 0 Å². The Kier molecular flexibility index (Phi) is 5.18. The molecule has 3 nitrogen and oxygen atoms in total. The predicted molar refractivity (Wildman–Crippen MR) is 99.5 cm³/mol. The Bertz CT molecular complexity index is 794. The molecule has 1 aromatic heterocycles. The van der Waals surface area contributed by atoms with E-state index in [-0.39, 0.29) is 5.91 Å². The molecule has 0 atom stereocenters. The minimum atomic E-state index is 0.168. The lowest BCUT2D eigenvalue weighted by Crippen LogP contribution is -2.36. The average molecular weight is 345 g/mol. The van der Waals surface area contributed by atoms with Gasteiger partial charge in [0.15, 0.2) is 4.34 Å². The normalized spacial score (nSPS) is 15.8. The van der Waals surface area contributed by atoms with Gasteiger partial charge in [0.05, 0.1) is 15.6 Å². The van der Waals surface area contributed by atoms with Crippen LogP contribution in [0.4, 0.5) is 5.69 Å². The number of fused-ring (bicyclic) bond motifs is 1. The Labute approximate surface area is 144 Å². The molecular weight excluding hydrogens is 324 g/mol. The number of carbonyl (C=O) groups is 1. The number of amides is 1. The van der Waals surface area contributed by atoms with Crippen LogP contribution in [-0.4, -0.2) is 23.2 Å². The zero-order valence-corrected chi connectivity index (χ0v) is 15.0. The van der Waals surface area contributed by atoms with Crippen molar-refractivity contribution in [1.82, 2.24) is 4.98 Å². The minimum absolute atomic E-state index is 0.168. The molecule has 0 radical (unpaired) electrons. The molecular formula is C18H20N2OS2. The SMILES string of the molecule is C/C=c1/nc(SCC(=O)N2CCCc3ccccc32)s/c1=C/C. The van der Waals surface area contributed by atoms with Gasteiger partial charge in [0, 0.05) is 12.2 Å². The molecule has 1 aliphatic rings. The third-order valence-corrected chi connectivity index (χ3v) is 6.19. The van der Waals surface area contributed by atoms with Crippen LogP contribution in [0, 0.1) is 0 Å². The number of carbonyl (C=O) groups excluding carboxylic acids is 1. The molecule has 0 N–H and O–H groups in total. The molecule has 0 saturated carbocycles. The number of aromatic nitrogens is 1. The molecule has 0 saturated heterocycles. The molecule has 0 unspecified atom stereocenters. The van der Waals surface area contributed by atoms with Crippen LogP contribution in [0.25, 0.3) is 12.2 Å². The third-order valence-electron chi connectivity index (χ3n) is 3.93. The van der Waals surface area contributed by atoms with Gasteiger partial charge in [-0.1, -0.05) is 42.1 Å². The number of hydrogen-bond donors (Lipinski definition) is 0. The first-order chi connectivity index (χ1) is 11.2. The number of para-hydroxylation sites is 1. The molecule has 3 rings (SSSR count). The molecule has 0 bridgehead atoms. The Morgan fingerprint density at radius 3 is 2.91 bits per heavy atom. The van der Waals surface area contributed by atoms with Crippen molar-refractivity contribution < 1.29 is 4.79 Å². The van der Waals surface area contributed by atoms with Crippen LogP contribution >= 0.6 is 23.1 Å². The second-order valence-electron chi connectivity index (χ2n) is 5.37. The quantitative estimate of drug-likeness (QED) is 0.803. The van der Waals surface area contributed by atoms with Gasteiger partial charge in [0.2, 0.25) is 5.91 Å². The molecule has 5 heteroatoms. The van der Waals surface area contributed by atoms with Gasteiger partial charge < -0.3 is 4.90 Å². The monoisotopic (exact) mass is 344 g/mol. The highest BCUT2D eigenvalue weighted by atomic mass is 32.2. The molecule has 1 amide bonds. The maximum absolute atomic E-state index is 12.6. The van der Waals surface area contributed by atoms with Gasteiger partial charge in [-0.2, -0.15) is 0 Å². The first-order valence-electron chi connectivity index (χ1n) is 7.83. The lowest BCUT2D eigenvalue weighted by molar-refractivity contribution is -0.116. The van der Waals surface area contributed by atoms with E-state index in [1.165, 1.54) is 21.9 Å². The lowest BCUT2D eigenvalue weighted by atomic mass is 10.0. The molecule has 120 valence electrons. The van der Waals surface area contributed by atoms with E-state index in [4.69, 9.17) is 0 Å². The second kappa shape index (κ2) is 7.32. The van der Waals surface area contributed by atoms with E-state index in [0.29, 0.717) is 5.75 Å². The molecule has 0 spiro atoms. The van der Waals surface area contributed by atoms with Gasteiger partial charge in [0.25, 0.3) is 0 Å². The van der Waals surface area contributed by atoms with E-state index >= 15 is 0 Å². The van der Waals surface area contributed by atoms with Crippen LogP contribution in [0.15, 0.2) is 28.6 Å². The number of anilines is 1. The van der Waals surface area contributed by atoms with Crippen molar-refractivity contribution in [3.8, 4) is 0 Å².